The van der Waals surface area contributed by atoms with E-state index >= 15 is 0 Å². The SMILES string of the molecule is O=[N+]([O-])C(O)c1ccccc1C(F)(F)F. The predicted molar refractivity (Wildman–Crippen MR) is 43.4 cm³/mol. The summed E-state index contributed by atoms with van der Waals surface area (Å²) in [5.41, 5.74) is -1.95. The van der Waals surface area contributed by atoms with Gasteiger partial charge >= 0.3 is 12.4 Å². The summed E-state index contributed by atoms with van der Waals surface area (Å²) < 4.78 is 37.0. The molecule has 0 aliphatic heterocycles. The standard InChI is InChI=1S/C8H6F3NO3/c9-8(10,11)6-4-2-1-3-5(6)7(13)12(14)15/h1-4,7,13H. The molecule has 1 aromatic rings. The van der Waals surface area contributed by atoms with Crippen LogP contribution in [-0.4, -0.2) is 10.0 Å². The summed E-state index contributed by atoms with van der Waals surface area (Å²) >= 11 is 0. The highest BCUT2D eigenvalue weighted by Gasteiger charge is 2.37. The molecule has 0 aromatic heterocycles. The first-order valence-corrected chi connectivity index (χ1v) is 3.81. The summed E-state index contributed by atoms with van der Waals surface area (Å²) in [5, 5.41) is 19.1. The lowest BCUT2D eigenvalue weighted by Gasteiger charge is -2.12. The second-order valence-corrected chi connectivity index (χ2v) is 2.74. The normalized spacial score (nSPS) is 13.6. The van der Waals surface area contributed by atoms with E-state index in [-0.39, 0.29) is 0 Å². The largest absolute Gasteiger partial charge is 0.417 e. The lowest BCUT2D eigenvalue weighted by atomic mass is 10.1. The summed E-state index contributed by atoms with van der Waals surface area (Å²) in [7, 11) is 0. The maximum Gasteiger partial charge on any atom is 0.417 e. The molecule has 0 heterocycles. The molecule has 0 spiro atoms. The Balaban J connectivity index is 3.24. The van der Waals surface area contributed by atoms with Gasteiger partial charge in [0.15, 0.2) is 0 Å². The molecule has 0 saturated heterocycles. The number of aliphatic hydroxyl groups excluding tert-OH is 1. The van der Waals surface area contributed by atoms with E-state index in [1.165, 1.54) is 6.07 Å². The first kappa shape index (κ1) is 11.4. The van der Waals surface area contributed by atoms with E-state index in [2.05, 4.69) is 0 Å². The van der Waals surface area contributed by atoms with Gasteiger partial charge in [0.05, 0.1) is 16.1 Å². The summed E-state index contributed by atoms with van der Waals surface area (Å²) in [4.78, 5) is 8.98. The van der Waals surface area contributed by atoms with Crippen molar-refractivity contribution in [1.29, 1.82) is 0 Å². The summed E-state index contributed by atoms with van der Waals surface area (Å²) in [6, 6.07) is 3.84. The van der Waals surface area contributed by atoms with E-state index in [0.29, 0.717) is 6.07 Å². The van der Waals surface area contributed by atoms with Crippen LogP contribution in [0, 0.1) is 10.1 Å². The Labute approximate surface area is 82.1 Å². The third-order valence-corrected chi connectivity index (χ3v) is 1.74. The van der Waals surface area contributed by atoms with Crippen molar-refractivity contribution in [3.63, 3.8) is 0 Å². The molecule has 1 rings (SSSR count). The minimum Gasteiger partial charge on any atom is -0.329 e. The first-order chi connectivity index (χ1) is 6.84. The maximum absolute atomic E-state index is 12.3. The van der Waals surface area contributed by atoms with Gasteiger partial charge in [0.1, 0.15) is 0 Å². The summed E-state index contributed by atoms with van der Waals surface area (Å²) in [6.45, 7) is 0. The van der Waals surface area contributed by atoms with Crippen LogP contribution >= 0.6 is 0 Å². The van der Waals surface area contributed by atoms with Gasteiger partial charge in [-0.1, -0.05) is 12.1 Å². The van der Waals surface area contributed by atoms with Crippen LogP contribution in [0.2, 0.25) is 0 Å². The lowest BCUT2D eigenvalue weighted by Crippen LogP contribution is -2.16. The number of hydrogen-bond donors (Lipinski definition) is 1. The summed E-state index contributed by atoms with van der Waals surface area (Å²) in [6.07, 6.45) is -7.07. The molecule has 0 fully saturated rings. The molecule has 1 atom stereocenters. The zero-order valence-corrected chi connectivity index (χ0v) is 7.23. The van der Waals surface area contributed by atoms with E-state index < -0.39 is 28.5 Å². The molecule has 0 aliphatic carbocycles. The van der Waals surface area contributed by atoms with E-state index in [1.807, 2.05) is 0 Å². The van der Waals surface area contributed by atoms with E-state index in [9.17, 15) is 23.3 Å². The van der Waals surface area contributed by atoms with Crippen molar-refractivity contribution >= 4 is 0 Å². The van der Waals surface area contributed by atoms with Crippen molar-refractivity contribution in [2.45, 2.75) is 12.4 Å². The number of alkyl halides is 3. The Hall–Kier alpha value is -1.63. The van der Waals surface area contributed by atoms with Crippen LogP contribution in [0.1, 0.15) is 17.4 Å². The van der Waals surface area contributed by atoms with Crippen molar-refractivity contribution in [1.82, 2.24) is 0 Å². The Kier molecular flexibility index (Phi) is 2.94. The monoisotopic (exact) mass is 221 g/mol. The molecular weight excluding hydrogens is 215 g/mol. The van der Waals surface area contributed by atoms with Gasteiger partial charge in [-0.25, -0.2) is 0 Å². The minimum absolute atomic E-state index is 0.683. The Morgan fingerprint density at radius 3 is 2.33 bits per heavy atom. The van der Waals surface area contributed by atoms with Crippen LogP contribution in [0.4, 0.5) is 13.2 Å². The average molecular weight is 221 g/mol. The van der Waals surface area contributed by atoms with Crippen LogP contribution in [-0.2, 0) is 6.18 Å². The van der Waals surface area contributed by atoms with Gasteiger partial charge in [-0.05, 0) is 12.1 Å². The van der Waals surface area contributed by atoms with E-state index in [1.54, 1.807) is 0 Å². The molecule has 0 saturated carbocycles. The van der Waals surface area contributed by atoms with Gasteiger partial charge in [0, 0.05) is 0 Å². The third-order valence-electron chi connectivity index (χ3n) is 1.74. The predicted octanol–water partition coefficient (Wildman–Crippen LogP) is 1.97. The molecule has 0 amide bonds. The van der Waals surface area contributed by atoms with Gasteiger partial charge < -0.3 is 5.11 Å². The number of halogens is 3. The average Bonchev–Trinajstić information content (AvgIpc) is 2.15. The highest BCUT2D eigenvalue weighted by molar-refractivity contribution is 5.30. The number of hydrogen-bond acceptors (Lipinski definition) is 3. The first-order valence-electron chi connectivity index (χ1n) is 3.81. The van der Waals surface area contributed by atoms with Gasteiger partial charge in [-0.15, -0.1) is 0 Å². The number of nitrogens with zero attached hydrogens (tertiary/aromatic N) is 1. The van der Waals surface area contributed by atoms with Crippen molar-refractivity contribution in [3.05, 3.63) is 45.5 Å². The molecule has 1 N–H and O–H groups in total. The fourth-order valence-electron chi connectivity index (χ4n) is 1.09. The van der Waals surface area contributed by atoms with Crippen LogP contribution in [0.25, 0.3) is 0 Å². The van der Waals surface area contributed by atoms with Gasteiger partial charge in [0.25, 0.3) is 0 Å². The van der Waals surface area contributed by atoms with Crippen LogP contribution in [0.15, 0.2) is 24.3 Å². The Morgan fingerprint density at radius 1 is 1.33 bits per heavy atom. The van der Waals surface area contributed by atoms with Crippen LogP contribution in [0.3, 0.4) is 0 Å². The van der Waals surface area contributed by atoms with Crippen molar-refractivity contribution in [3.8, 4) is 0 Å². The summed E-state index contributed by atoms with van der Waals surface area (Å²) in [5.74, 6) is 0. The van der Waals surface area contributed by atoms with Gasteiger partial charge in [0.2, 0.25) is 0 Å². The highest BCUT2D eigenvalue weighted by Crippen LogP contribution is 2.34. The smallest absolute Gasteiger partial charge is 0.329 e. The Bertz CT molecular complexity index is 378. The number of nitro groups is 1. The third kappa shape index (κ3) is 2.44. The molecule has 7 heteroatoms. The van der Waals surface area contributed by atoms with Crippen molar-refractivity contribution in [2.75, 3.05) is 0 Å². The molecule has 1 unspecified atom stereocenters. The van der Waals surface area contributed by atoms with Gasteiger partial charge in [-0.3, -0.25) is 10.1 Å². The topological polar surface area (TPSA) is 63.4 Å². The zero-order valence-electron chi connectivity index (χ0n) is 7.23. The fraction of sp³-hybridized carbons (Fsp3) is 0.250. The van der Waals surface area contributed by atoms with Crippen molar-refractivity contribution in [2.24, 2.45) is 0 Å². The minimum atomic E-state index is -4.71. The van der Waals surface area contributed by atoms with E-state index in [4.69, 9.17) is 5.11 Å². The van der Waals surface area contributed by atoms with Crippen LogP contribution < -0.4 is 0 Å². The molecule has 1 aromatic carbocycles. The Morgan fingerprint density at radius 2 is 1.87 bits per heavy atom. The molecule has 0 bridgehead atoms. The second-order valence-electron chi connectivity index (χ2n) is 2.74. The van der Waals surface area contributed by atoms with Gasteiger partial charge in [-0.2, -0.15) is 13.2 Å². The highest BCUT2D eigenvalue weighted by atomic mass is 19.4. The molecule has 4 nitrogen and oxygen atoms in total. The maximum atomic E-state index is 12.3. The fourth-order valence-corrected chi connectivity index (χ4v) is 1.09. The molecular formula is C8H6F3NO3. The number of benzene rings is 1. The lowest BCUT2D eigenvalue weighted by molar-refractivity contribution is -0.578. The quantitative estimate of drug-likeness (QED) is 0.471. The second kappa shape index (κ2) is 3.85. The van der Waals surface area contributed by atoms with Crippen molar-refractivity contribution < 1.29 is 23.2 Å². The molecule has 15 heavy (non-hydrogen) atoms. The molecule has 0 aliphatic rings. The number of aliphatic hydroxyl groups is 1. The molecule has 0 radical (unpaired) electrons. The van der Waals surface area contributed by atoms with E-state index in [0.717, 1.165) is 12.1 Å². The zero-order chi connectivity index (χ0) is 11.6. The number of rotatable bonds is 2. The molecule has 82 valence electrons. The van der Waals surface area contributed by atoms with Crippen LogP contribution in [0.5, 0.6) is 0 Å².